The molecule has 2 nitrogen and oxygen atoms in total. The van der Waals surface area contributed by atoms with E-state index >= 15 is 0 Å². The van der Waals surface area contributed by atoms with Gasteiger partial charge in [-0.25, -0.2) is 0 Å². The van der Waals surface area contributed by atoms with Gasteiger partial charge >= 0.3 is 0 Å². The van der Waals surface area contributed by atoms with Crippen molar-refractivity contribution in [2.24, 2.45) is 0 Å². The lowest BCUT2D eigenvalue weighted by Crippen LogP contribution is -2.16. The van der Waals surface area contributed by atoms with Gasteiger partial charge in [0.2, 0.25) is 0 Å². The molecule has 0 aliphatic carbocycles. The third-order valence-corrected chi connectivity index (χ3v) is 3.10. The Balaban J connectivity index is 2.67. The Bertz CT molecular complexity index is 570. The van der Waals surface area contributed by atoms with Crippen LogP contribution in [0.3, 0.4) is 0 Å². The Morgan fingerprint density at radius 2 is 1.69 bits per heavy atom. The number of halogens is 2. The predicted molar refractivity (Wildman–Crippen MR) is 72.2 cm³/mol. The summed E-state index contributed by atoms with van der Waals surface area (Å²) in [5, 5.41) is 0. The van der Waals surface area contributed by atoms with Gasteiger partial charge in [-0.3, -0.25) is 9.36 Å². The van der Waals surface area contributed by atoms with E-state index in [4.69, 9.17) is 0 Å². The van der Waals surface area contributed by atoms with E-state index in [2.05, 4.69) is 31.9 Å². The summed E-state index contributed by atoms with van der Waals surface area (Å²) in [6, 6.07) is 9.14. The Hall–Kier alpha value is -0.870. The zero-order valence-electron chi connectivity index (χ0n) is 8.58. The summed E-state index contributed by atoms with van der Waals surface area (Å²) < 4.78 is 3.50. The molecule has 0 saturated carbocycles. The average molecular weight is 343 g/mol. The van der Waals surface area contributed by atoms with Gasteiger partial charge in [0.25, 0.3) is 5.56 Å². The van der Waals surface area contributed by atoms with Crippen LogP contribution >= 0.6 is 31.9 Å². The molecular formula is C12H9Br2NO. The first-order chi connectivity index (χ1) is 7.56. The molecule has 0 spiro atoms. The highest BCUT2D eigenvalue weighted by Gasteiger charge is 2.02. The molecule has 1 heterocycles. The first-order valence-corrected chi connectivity index (χ1v) is 6.30. The standard InChI is InChI=1S/C12H9Br2NO/c1-8-2-3-12(16)15(7-8)11-5-9(13)4-10(14)6-11/h2-7H,1H3. The lowest BCUT2D eigenvalue weighted by Gasteiger charge is -2.07. The largest absolute Gasteiger partial charge is 0.284 e. The van der Waals surface area contributed by atoms with Crippen molar-refractivity contribution in [3.8, 4) is 5.69 Å². The molecule has 1 aromatic carbocycles. The van der Waals surface area contributed by atoms with Gasteiger partial charge in [-0.05, 0) is 30.7 Å². The maximum absolute atomic E-state index is 11.7. The van der Waals surface area contributed by atoms with Crippen molar-refractivity contribution in [2.75, 3.05) is 0 Å². The van der Waals surface area contributed by atoms with Crippen LogP contribution in [0.5, 0.6) is 0 Å². The molecule has 0 atom stereocenters. The van der Waals surface area contributed by atoms with Crippen LogP contribution in [0.25, 0.3) is 5.69 Å². The minimum absolute atomic E-state index is 0.0319. The van der Waals surface area contributed by atoms with Crippen molar-refractivity contribution in [3.05, 3.63) is 61.4 Å². The van der Waals surface area contributed by atoms with E-state index in [9.17, 15) is 4.79 Å². The van der Waals surface area contributed by atoms with Crippen LogP contribution in [0.4, 0.5) is 0 Å². The fraction of sp³-hybridized carbons (Fsp3) is 0.0833. The fourth-order valence-electron chi connectivity index (χ4n) is 1.47. The predicted octanol–water partition coefficient (Wildman–Crippen LogP) is 3.67. The van der Waals surface area contributed by atoms with Gasteiger partial charge in [-0.1, -0.05) is 37.9 Å². The summed E-state index contributed by atoms with van der Waals surface area (Å²) in [6.07, 6.45) is 1.83. The van der Waals surface area contributed by atoms with Gasteiger partial charge in [-0.15, -0.1) is 0 Å². The van der Waals surface area contributed by atoms with Crippen LogP contribution in [-0.4, -0.2) is 4.57 Å². The zero-order valence-corrected chi connectivity index (χ0v) is 11.7. The SMILES string of the molecule is Cc1ccc(=O)n(-c2cc(Br)cc(Br)c2)c1. The van der Waals surface area contributed by atoms with E-state index < -0.39 is 0 Å². The first kappa shape index (κ1) is 11.6. The molecule has 4 heteroatoms. The third kappa shape index (κ3) is 2.44. The molecule has 82 valence electrons. The van der Waals surface area contributed by atoms with E-state index in [1.54, 1.807) is 10.6 Å². The average Bonchev–Trinajstić information content (AvgIpc) is 2.20. The van der Waals surface area contributed by atoms with Crippen molar-refractivity contribution in [2.45, 2.75) is 6.92 Å². The molecule has 0 aliphatic rings. The van der Waals surface area contributed by atoms with Gasteiger partial charge in [0.05, 0.1) is 5.69 Å². The molecule has 1 aromatic heterocycles. The molecule has 0 N–H and O–H groups in total. The van der Waals surface area contributed by atoms with E-state index in [1.165, 1.54) is 0 Å². The van der Waals surface area contributed by atoms with Crippen LogP contribution in [0, 0.1) is 6.92 Å². The molecular weight excluding hydrogens is 334 g/mol. The molecule has 0 aliphatic heterocycles. The fourth-order valence-corrected chi connectivity index (χ4v) is 2.74. The summed E-state index contributed by atoms with van der Waals surface area (Å²) in [4.78, 5) is 11.7. The van der Waals surface area contributed by atoms with Crippen molar-refractivity contribution in [1.29, 1.82) is 0 Å². The number of aryl methyl sites for hydroxylation is 1. The number of rotatable bonds is 1. The second-order valence-corrected chi connectivity index (χ2v) is 5.37. The van der Waals surface area contributed by atoms with Crippen LogP contribution in [0.15, 0.2) is 50.3 Å². The summed E-state index contributed by atoms with van der Waals surface area (Å²) in [7, 11) is 0. The van der Waals surface area contributed by atoms with Gasteiger partial charge in [0.1, 0.15) is 0 Å². The highest BCUT2D eigenvalue weighted by Crippen LogP contribution is 2.21. The van der Waals surface area contributed by atoms with Crippen LogP contribution in [-0.2, 0) is 0 Å². The van der Waals surface area contributed by atoms with Crippen molar-refractivity contribution in [3.63, 3.8) is 0 Å². The minimum atomic E-state index is -0.0319. The van der Waals surface area contributed by atoms with Crippen LogP contribution in [0.1, 0.15) is 5.56 Å². The van der Waals surface area contributed by atoms with Gasteiger partial charge in [0, 0.05) is 21.2 Å². The molecule has 2 aromatic rings. The molecule has 0 bridgehead atoms. The second kappa shape index (κ2) is 4.55. The lowest BCUT2D eigenvalue weighted by molar-refractivity contribution is 0.974. The monoisotopic (exact) mass is 341 g/mol. The summed E-state index contributed by atoms with van der Waals surface area (Å²) in [6.45, 7) is 1.96. The lowest BCUT2D eigenvalue weighted by atomic mass is 10.3. The maximum atomic E-state index is 11.7. The Morgan fingerprint density at radius 3 is 2.31 bits per heavy atom. The van der Waals surface area contributed by atoms with Crippen molar-refractivity contribution >= 4 is 31.9 Å². The van der Waals surface area contributed by atoms with E-state index in [-0.39, 0.29) is 5.56 Å². The molecule has 0 unspecified atom stereocenters. The Morgan fingerprint density at radius 1 is 1.06 bits per heavy atom. The van der Waals surface area contributed by atoms with E-state index in [1.807, 2.05) is 37.4 Å². The first-order valence-electron chi connectivity index (χ1n) is 4.72. The normalized spacial score (nSPS) is 10.4. The van der Waals surface area contributed by atoms with Crippen molar-refractivity contribution < 1.29 is 0 Å². The molecule has 0 amide bonds. The topological polar surface area (TPSA) is 22.0 Å². The Labute approximate surface area is 110 Å². The molecule has 0 saturated heterocycles. The smallest absolute Gasteiger partial charge is 0.255 e. The number of nitrogens with zero attached hydrogens (tertiary/aromatic N) is 1. The van der Waals surface area contributed by atoms with Gasteiger partial charge in [0.15, 0.2) is 0 Å². The number of hydrogen-bond donors (Lipinski definition) is 0. The van der Waals surface area contributed by atoms with Gasteiger partial charge < -0.3 is 0 Å². The third-order valence-electron chi connectivity index (χ3n) is 2.18. The number of pyridine rings is 1. The number of benzene rings is 1. The summed E-state index contributed by atoms with van der Waals surface area (Å²) in [5.41, 5.74) is 1.86. The van der Waals surface area contributed by atoms with Crippen LogP contribution < -0.4 is 5.56 Å². The van der Waals surface area contributed by atoms with Gasteiger partial charge in [-0.2, -0.15) is 0 Å². The molecule has 0 radical (unpaired) electrons. The van der Waals surface area contributed by atoms with Crippen LogP contribution in [0.2, 0.25) is 0 Å². The summed E-state index contributed by atoms with van der Waals surface area (Å²) >= 11 is 6.82. The molecule has 16 heavy (non-hydrogen) atoms. The highest BCUT2D eigenvalue weighted by atomic mass is 79.9. The zero-order chi connectivity index (χ0) is 11.7. The minimum Gasteiger partial charge on any atom is -0.284 e. The van der Waals surface area contributed by atoms with Crippen molar-refractivity contribution in [1.82, 2.24) is 4.57 Å². The van der Waals surface area contributed by atoms with E-state index in [0.29, 0.717) is 0 Å². The maximum Gasteiger partial charge on any atom is 0.255 e. The quantitative estimate of drug-likeness (QED) is 0.775. The van der Waals surface area contributed by atoms with E-state index in [0.717, 1.165) is 20.2 Å². The summed E-state index contributed by atoms with van der Waals surface area (Å²) in [5.74, 6) is 0. The highest BCUT2D eigenvalue weighted by molar-refractivity contribution is 9.11. The Kier molecular flexibility index (Phi) is 3.30. The molecule has 2 rings (SSSR count). The number of aromatic nitrogens is 1. The molecule has 0 fully saturated rings. The number of hydrogen-bond acceptors (Lipinski definition) is 1. The second-order valence-electron chi connectivity index (χ2n) is 3.54.